The highest BCUT2D eigenvalue weighted by atomic mass is 35.5. The van der Waals surface area contributed by atoms with Gasteiger partial charge >= 0.3 is 0 Å². The summed E-state index contributed by atoms with van der Waals surface area (Å²) in [6.07, 6.45) is 0.188. The number of carbonyl (C=O) groups is 1. The third kappa shape index (κ3) is 3.34. The van der Waals surface area contributed by atoms with Crippen molar-refractivity contribution >= 4 is 46.5 Å². The Morgan fingerprint density at radius 1 is 1.22 bits per heavy atom. The smallest absolute Gasteiger partial charge is 0.237 e. The molecule has 5 nitrogen and oxygen atoms in total. The molecule has 1 saturated heterocycles. The average molecular weight is 398 g/mol. The SMILES string of the molecule is COc1cccc(N2C(=N)/C(=C3\NC(c4ccc(Cl)cc4)=CS3)CC2=O)c1. The van der Waals surface area contributed by atoms with Crippen LogP contribution in [0, 0.1) is 5.41 Å². The van der Waals surface area contributed by atoms with E-state index in [1.807, 2.05) is 41.8 Å². The Morgan fingerprint density at radius 3 is 2.74 bits per heavy atom. The lowest BCUT2D eigenvalue weighted by molar-refractivity contribution is -0.116. The van der Waals surface area contributed by atoms with E-state index in [-0.39, 0.29) is 18.2 Å². The fraction of sp³-hybridized carbons (Fsp3) is 0.100. The van der Waals surface area contributed by atoms with E-state index < -0.39 is 0 Å². The average Bonchev–Trinajstić information content (AvgIpc) is 3.27. The number of amidine groups is 1. The highest BCUT2D eigenvalue weighted by molar-refractivity contribution is 8.06. The molecule has 136 valence electrons. The first-order valence-electron chi connectivity index (χ1n) is 8.25. The number of carbonyl (C=O) groups excluding carboxylic acids is 1. The maximum absolute atomic E-state index is 12.6. The number of benzene rings is 2. The molecular weight excluding hydrogens is 382 g/mol. The van der Waals surface area contributed by atoms with Gasteiger partial charge in [0.15, 0.2) is 0 Å². The van der Waals surface area contributed by atoms with Gasteiger partial charge in [0, 0.05) is 22.1 Å². The normalized spacial score (nSPS) is 19.3. The lowest BCUT2D eigenvalue weighted by Crippen LogP contribution is -2.28. The van der Waals surface area contributed by atoms with Gasteiger partial charge in [0.05, 0.1) is 29.9 Å². The maximum Gasteiger partial charge on any atom is 0.237 e. The molecule has 0 aromatic heterocycles. The molecule has 0 radical (unpaired) electrons. The first kappa shape index (κ1) is 17.7. The topological polar surface area (TPSA) is 65.4 Å². The van der Waals surface area contributed by atoms with Crippen LogP contribution in [0.25, 0.3) is 5.70 Å². The molecule has 27 heavy (non-hydrogen) atoms. The zero-order valence-corrected chi connectivity index (χ0v) is 16.0. The third-order valence-corrected chi connectivity index (χ3v) is 5.56. The summed E-state index contributed by atoms with van der Waals surface area (Å²) in [6.45, 7) is 0. The van der Waals surface area contributed by atoms with Crippen LogP contribution >= 0.6 is 23.4 Å². The Kier molecular flexibility index (Phi) is 4.68. The summed E-state index contributed by atoms with van der Waals surface area (Å²) in [4.78, 5) is 14.0. The largest absolute Gasteiger partial charge is 0.497 e. The van der Waals surface area contributed by atoms with E-state index in [2.05, 4.69) is 5.32 Å². The van der Waals surface area contributed by atoms with Gasteiger partial charge in [-0.15, -0.1) is 0 Å². The highest BCUT2D eigenvalue weighted by Gasteiger charge is 2.35. The van der Waals surface area contributed by atoms with Crippen molar-refractivity contribution in [2.45, 2.75) is 6.42 Å². The van der Waals surface area contributed by atoms with Crippen molar-refractivity contribution in [1.82, 2.24) is 5.32 Å². The van der Waals surface area contributed by atoms with E-state index >= 15 is 0 Å². The molecule has 0 aliphatic carbocycles. The number of rotatable bonds is 3. The second kappa shape index (κ2) is 7.13. The lowest BCUT2D eigenvalue weighted by atomic mass is 10.1. The number of halogens is 1. The van der Waals surface area contributed by atoms with Crippen LogP contribution in [-0.2, 0) is 4.79 Å². The van der Waals surface area contributed by atoms with Crippen LogP contribution in [-0.4, -0.2) is 18.9 Å². The van der Waals surface area contributed by atoms with Crippen LogP contribution in [0.15, 0.2) is 64.5 Å². The molecule has 0 atom stereocenters. The number of anilines is 1. The minimum Gasteiger partial charge on any atom is -0.497 e. The van der Waals surface area contributed by atoms with Gasteiger partial charge in [-0.1, -0.05) is 41.6 Å². The Bertz CT molecular complexity index is 999. The van der Waals surface area contributed by atoms with Gasteiger partial charge in [0.1, 0.15) is 11.6 Å². The van der Waals surface area contributed by atoms with Crippen molar-refractivity contribution in [1.29, 1.82) is 5.41 Å². The first-order chi connectivity index (χ1) is 13.1. The predicted octanol–water partition coefficient (Wildman–Crippen LogP) is 4.61. The molecule has 2 N–H and O–H groups in total. The summed E-state index contributed by atoms with van der Waals surface area (Å²) in [5.41, 5.74) is 3.25. The Balaban J connectivity index is 1.59. The number of hydrogen-bond donors (Lipinski definition) is 2. The molecule has 4 rings (SSSR count). The standard InChI is InChI=1S/C20H16ClN3O2S/c1-26-15-4-2-3-14(9-15)24-18(25)10-16(19(24)22)20-23-17(11-27-20)12-5-7-13(21)8-6-12/h2-9,11,22-23H,10H2,1H3/b20-16+,22-19?. The van der Waals surface area contributed by atoms with E-state index in [0.29, 0.717) is 22.0 Å². The fourth-order valence-electron chi connectivity index (χ4n) is 3.00. The summed E-state index contributed by atoms with van der Waals surface area (Å²) >= 11 is 7.43. The summed E-state index contributed by atoms with van der Waals surface area (Å²) in [6, 6.07) is 14.7. The van der Waals surface area contributed by atoms with E-state index in [1.54, 1.807) is 19.2 Å². The minimum atomic E-state index is -0.127. The van der Waals surface area contributed by atoms with Gasteiger partial charge in [-0.3, -0.25) is 15.1 Å². The summed E-state index contributed by atoms with van der Waals surface area (Å²) in [5.74, 6) is 0.710. The van der Waals surface area contributed by atoms with Crippen LogP contribution in [0.4, 0.5) is 5.69 Å². The second-order valence-corrected chi connectivity index (χ2v) is 7.36. The van der Waals surface area contributed by atoms with Crippen LogP contribution in [0.5, 0.6) is 5.75 Å². The number of ether oxygens (including phenoxy) is 1. The van der Waals surface area contributed by atoms with E-state index in [1.165, 1.54) is 16.7 Å². The number of thioether (sulfide) groups is 1. The second-order valence-electron chi connectivity index (χ2n) is 6.04. The van der Waals surface area contributed by atoms with Crippen molar-refractivity contribution in [2.75, 3.05) is 12.0 Å². The maximum atomic E-state index is 12.6. The molecule has 2 aromatic rings. The molecule has 0 bridgehead atoms. The van der Waals surface area contributed by atoms with Gasteiger partial charge in [-0.2, -0.15) is 0 Å². The van der Waals surface area contributed by atoms with E-state index in [0.717, 1.165) is 16.3 Å². The number of hydrogen-bond acceptors (Lipinski definition) is 5. The predicted molar refractivity (Wildman–Crippen MR) is 110 cm³/mol. The van der Waals surface area contributed by atoms with Crippen molar-refractivity contribution in [3.63, 3.8) is 0 Å². The highest BCUT2D eigenvalue weighted by Crippen LogP contribution is 2.37. The van der Waals surface area contributed by atoms with Crippen LogP contribution in [0.3, 0.4) is 0 Å². The summed E-state index contributed by atoms with van der Waals surface area (Å²) in [5, 5.41) is 15.3. The molecule has 1 fully saturated rings. The Morgan fingerprint density at radius 2 is 2.00 bits per heavy atom. The molecule has 0 unspecified atom stereocenters. The number of nitrogens with zero attached hydrogens (tertiary/aromatic N) is 1. The molecule has 2 aromatic carbocycles. The quantitative estimate of drug-likeness (QED) is 0.793. The van der Waals surface area contributed by atoms with Crippen molar-refractivity contribution in [2.24, 2.45) is 0 Å². The molecule has 0 spiro atoms. The number of methoxy groups -OCH3 is 1. The summed E-state index contributed by atoms with van der Waals surface area (Å²) < 4.78 is 5.23. The molecule has 2 aliphatic heterocycles. The minimum absolute atomic E-state index is 0.127. The van der Waals surface area contributed by atoms with Crippen LogP contribution < -0.4 is 15.0 Å². The van der Waals surface area contributed by atoms with Crippen LogP contribution in [0.1, 0.15) is 12.0 Å². The van der Waals surface area contributed by atoms with Gasteiger partial charge < -0.3 is 10.1 Å². The lowest BCUT2D eigenvalue weighted by Gasteiger charge is -2.17. The molecule has 0 saturated carbocycles. The van der Waals surface area contributed by atoms with Gasteiger partial charge in [0.2, 0.25) is 5.91 Å². The van der Waals surface area contributed by atoms with Crippen molar-refractivity contribution in [3.8, 4) is 5.75 Å². The first-order valence-corrected chi connectivity index (χ1v) is 9.51. The van der Waals surface area contributed by atoms with E-state index in [9.17, 15) is 4.79 Å². The zero-order valence-electron chi connectivity index (χ0n) is 14.5. The van der Waals surface area contributed by atoms with Gasteiger partial charge in [0.25, 0.3) is 0 Å². The summed E-state index contributed by atoms with van der Waals surface area (Å²) in [7, 11) is 1.58. The molecule has 7 heteroatoms. The molecule has 1 amide bonds. The third-order valence-electron chi connectivity index (χ3n) is 4.37. The zero-order chi connectivity index (χ0) is 19.0. The number of nitrogens with one attached hydrogen (secondary N) is 2. The fourth-order valence-corrected chi connectivity index (χ4v) is 4.04. The Labute approximate surface area is 166 Å². The molecular formula is C20H16ClN3O2S. The van der Waals surface area contributed by atoms with Gasteiger partial charge in [-0.05, 0) is 29.8 Å². The van der Waals surface area contributed by atoms with E-state index in [4.69, 9.17) is 21.7 Å². The van der Waals surface area contributed by atoms with Crippen molar-refractivity contribution in [3.05, 3.63) is 75.1 Å². The molecule has 2 aliphatic rings. The van der Waals surface area contributed by atoms with Crippen molar-refractivity contribution < 1.29 is 9.53 Å². The van der Waals surface area contributed by atoms with Gasteiger partial charge in [-0.25, -0.2) is 0 Å². The monoisotopic (exact) mass is 397 g/mol. The Hall–Kier alpha value is -2.70. The number of amides is 1. The van der Waals surface area contributed by atoms with Crippen LogP contribution in [0.2, 0.25) is 5.02 Å². The molecule has 2 heterocycles.